The smallest absolute Gasteiger partial charge is 0.0438 e. The van der Waals surface area contributed by atoms with Crippen LogP contribution in [0.15, 0.2) is 36.4 Å². The van der Waals surface area contributed by atoms with Crippen molar-refractivity contribution in [1.29, 1.82) is 0 Å². The van der Waals surface area contributed by atoms with Crippen molar-refractivity contribution >= 4 is 22.9 Å². The van der Waals surface area contributed by atoms with Gasteiger partial charge < -0.3 is 5.32 Å². The molecular weight excluding hydrogens is 286 g/mol. The Morgan fingerprint density at radius 1 is 1.05 bits per heavy atom. The monoisotopic (exact) mass is 307 g/mol. The van der Waals surface area contributed by atoms with Crippen LogP contribution in [0.25, 0.3) is 0 Å². The van der Waals surface area contributed by atoms with Crippen LogP contribution < -0.4 is 5.32 Å². The average Bonchev–Trinajstić information content (AvgIpc) is 2.89. The van der Waals surface area contributed by atoms with Crippen LogP contribution in [0.3, 0.4) is 0 Å². The number of thiophene rings is 1. The molecule has 2 rings (SSSR count). The van der Waals surface area contributed by atoms with E-state index in [9.17, 15) is 0 Å². The SMILES string of the molecule is CCNC(Cc1ccc(CC)s1)Cc1ccccc1Cl. The van der Waals surface area contributed by atoms with E-state index < -0.39 is 0 Å². The van der Waals surface area contributed by atoms with Crippen molar-refractivity contribution < 1.29 is 0 Å². The topological polar surface area (TPSA) is 12.0 Å². The molecule has 0 spiro atoms. The molecule has 1 aromatic heterocycles. The van der Waals surface area contributed by atoms with Gasteiger partial charge in [-0.25, -0.2) is 0 Å². The zero-order chi connectivity index (χ0) is 14.4. The summed E-state index contributed by atoms with van der Waals surface area (Å²) in [5.41, 5.74) is 1.23. The van der Waals surface area contributed by atoms with Gasteiger partial charge in [-0.15, -0.1) is 11.3 Å². The molecule has 1 nitrogen and oxygen atoms in total. The highest BCUT2D eigenvalue weighted by Crippen LogP contribution is 2.21. The molecule has 0 bridgehead atoms. The normalized spacial score (nSPS) is 12.6. The van der Waals surface area contributed by atoms with Crippen molar-refractivity contribution in [2.75, 3.05) is 6.54 Å². The lowest BCUT2D eigenvalue weighted by molar-refractivity contribution is 0.524. The molecule has 0 aliphatic heterocycles. The van der Waals surface area contributed by atoms with E-state index in [0.29, 0.717) is 6.04 Å². The molecule has 0 radical (unpaired) electrons. The van der Waals surface area contributed by atoms with E-state index in [-0.39, 0.29) is 0 Å². The number of hydrogen-bond donors (Lipinski definition) is 1. The molecular formula is C17H22ClNS. The van der Waals surface area contributed by atoms with Gasteiger partial charge in [-0.05, 0) is 49.6 Å². The summed E-state index contributed by atoms with van der Waals surface area (Å²) in [6.07, 6.45) is 3.18. The summed E-state index contributed by atoms with van der Waals surface area (Å²) in [6.45, 7) is 5.35. The van der Waals surface area contributed by atoms with E-state index in [1.165, 1.54) is 15.3 Å². The lowest BCUT2D eigenvalue weighted by Gasteiger charge is -2.18. The predicted octanol–water partition coefficient (Wildman–Crippen LogP) is 4.73. The minimum atomic E-state index is 0.447. The second-order valence-corrected chi connectivity index (χ2v) is 6.64. The second kappa shape index (κ2) is 7.82. The minimum Gasteiger partial charge on any atom is -0.314 e. The summed E-state index contributed by atoms with van der Waals surface area (Å²) in [4.78, 5) is 2.92. The molecule has 0 saturated carbocycles. The standard InChI is InChI=1S/C17H22ClNS/c1-3-15-9-10-16(20-15)12-14(19-4-2)11-13-7-5-6-8-17(13)18/h5-10,14,19H,3-4,11-12H2,1-2H3. The third-order valence-electron chi connectivity index (χ3n) is 3.43. The Balaban J connectivity index is 2.05. The first kappa shape index (κ1) is 15.6. The molecule has 20 heavy (non-hydrogen) atoms. The molecule has 1 atom stereocenters. The molecule has 0 aliphatic carbocycles. The van der Waals surface area contributed by atoms with Crippen molar-refractivity contribution in [3.8, 4) is 0 Å². The number of rotatable bonds is 7. The highest BCUT2D eigenvalue weighted by Gasteiger charge is 2.12. The molecule has 0 fully saturated rings. The second-order valence-electron chi connectivity index (χ2n) is 4.98. The van der Waals surface area contributed by atoms with Crippen LogP contribution in [0.4, 0.5) is 0 Å². The highest BCUT2D eigenvalue weighted by molar-refractivity contribution is 7.11. The van der Waals surface area contributed by atoms with Gasteiger partial charge in [-0.1, -0.05) is 43.6 Å². The molecule has 1 N–H and O–H groups in total. The number of benzene rings is 1. The lowest BCUT2D eigenvalue weighted by Crippen LogP contribution is -2.32. The highest BCUT2D eigenvalue weighted by atomic mass is 35.5. The summed E-state index contributed by atoms with van der Waals surface area (Å²) in [7, 11) is 0. The fraction of sp³-hybridized carbons (Fsp3) is 0.412. The Labute approximate surface area is 131 Å². The Bertz CT molecular complexity index is 535. The van der Waals surface area contributed by atoms with Crippen LogP contribution in [-0.4, -0.2) is 12.6 Å². The van der Waals surface area contributed by atoms with Gasteiger partial charge in [0.1, 0.15) is 0 Å². The molecule has 2 aromatic rings. The maximum absolute atomic E-state index is 6.27. The fourth-order valence-electron chi connectivity index (χ4n) is 2.40. The van der Waals surface area contributed by atoms with Crippen LogP contribution in [0, 0.1) is 0 Å². The number of likely N-dealkylation sites (N-methyl/N-ethyl adjacent to an activating group) is 1. The maximum Gasteiger partial charge on any atom is 0.0438 e. The van der Waals surface area contributed by atoms with Gasteiger partial charge in [0.25, 0.3) is 0 Å². The van der Waals surface area contributed by atoms with E-state index in [1.54, 1.807) is 0 Å². The quantitative estimate of drug-likeness (QED) is 0.780. The van der Waals surface area contributed by atoms with Crippen molar-refractivity contribution in [3.63, 3.8) is 0 Å². The first-order chi connectivity index (χ1) is 9.72. The van der Waals surface area contributed by atoms with E-state index in [2.05, 4.69) is 43.4 Å². The van der Waals surface area contributed by atoms with E-state index in [0.717, 1.165) is 30.8 Å². The van der Waals surface area contributed by atoms with Gasteiger partial charge in [-0.3, -0.25) is 0 Å². The van der Waals surface area contributed by atoms with Crippen molar-refractivity contribution in [1.82, 2.24) is 5.32 Å². The molecule has 1 heterocycles. The van der Waals surface area contributed by atoms with E-state index >= 15 is 0 Å². The fourth-order valence-corrected chi connectivity index (χ4v) is 3.65. The van der Waals surface area contributed by atoms with Crippen molar-refractivity contribution in [3.05, 3.63) is 56.7 Å². The third kappa shape index (κ3) is 4.34. The van der Waals surface area contributed by atoms with Crippen LogP contribution in [0.1, 0.15) is 29.2 Å². The summed E-state index contributed by atoms with van der Waals surface area (Å²) in [5.74, 6) is 0. The van der Waals surface area contributed by atoms with Gasteiger partial charge in [0.05, 0.1) is 0 Å². The molecule has 1 unspecified atom stereocenters. The van der Waals surface area contributed by atoms with Crippen molar-refractivity contribution in [2.45, 2.75) is 39.2 Å². The van der Waals surface area contributed by atoms with Gasteiger partial charge >= 0.3 is 0 Å². The summed E-state index contributed by atoms with van der Waals surface area (Å²) in [5, 5.41) is 4.45. The summed E-state index contributed by atoms with van der Waals surface area (Å²) in [6, 6.07) is 13.1. The van der Waals surface area contributed by atoms with E-state index in [1.807, 2.05) is 23.5 Å². The molecule has 108 valence electrons. The van der Waals surface area contributed by atoms with Crippen LogP contribution in [0.2, 0.25) is 5.02 Å². The molecule has 3 heteroatoms. The van der Waals surface area contributed by atoms with Crippen LogP contribution in [-0.2, 0) is 19.3 Å². The number of hydrogen-bond acceptors (Lipinski definition) is 2. The zero-order valence-corrected chi connectivity index (χ0v) is 13.7. The Morgan fingerprint density at radius 2 is 1.80 bits per heavy atom. The minimum absolute atomic E-state index is 0.447. The van der Waals surface area contributed by atoms with Crippen LogP contribution in [0.5, 0.6) is 0 Å². The Kier molecular flexibility index (Phi) is 6.08. The first-order valence-electron chi connectivity index (χ1n) is 7.27. The van der Waals surface area contributed by atoms with Gasteiger partial charge in [0.2, 0.25) is 0 Å². The number of halogens is 1. The van der Waals surface area contributed by atoms with Gasteiger partial charge in [0.15, 0.2) is 0 Å². The van der Waals surface area contributed by atoms with Gasteiger partial charge in [0, 0.05) is 20.8 Å². The Morgan fingerprint density at radius 3 is 2.45 bits per heavy atom. The molecule has 1 aromatic carbocycles. The number of nitrogens with one attached hydrogen (secondary N) is 1. The molecule has 0 amide bonds. The average molecular weight is 308 g/mol. The third-order valence-corrected chi connectivity index (χ3v) is 5.05. The first-order valence-corrected chi connectivity index (χ1v) is 8.46. The van der Waals surface area contributed by atoms with Gasteiger partial charge in [-0.2, -0.15) is 0 Å². The maximum atomic E-state index is 6.27. The zero-order valence-electron chi connectivity index (χ0n) is 12.2. The lowest BCUT2D eigenvalue weighted by atomic mass is 10.0. The van der Waals surface area contributed by atoms with Crippen molar-refractivity contribution in [2.24, 2.45) is 0 Å². The summed E-state index contributed by atoms with van der Waals surface area (Å²) >= 11 is 8.20. The van der Waals surface area contributed by atoms with E-state index in [4.69, 9.17) is 11.6 Å². The molecule has 0 aliphatic rings. The number of aryl methyl sites for hydroxylation is 1. The summed E-state index contributed by atoms with van der Waals surface area (Å²) < 4.78 is 0. The predicted molar refractivity (Wildman–Crippen MR) is 90.0 cm³/mol. The van der Waals surface area contributed by atoms with Crippen LogP contribution >= 0.6 is 22.9 Å². The molecule has 0 saturated heterocycles. The largest absolute Gasteiger partial charge is 0.314 e. The Hall–Kier alpha value is -0.830.